The number of carbonyl (C=O) groups is 1. The van der Waals surface area contributed by atoms with Crippen molar-refractivity contribution in [2.45, 2.75) is 0 Å². The minimum absolute atomic E-state index is 0.0969. The van der Waals surface area contributed by atoms with E-state index in [2.05, 4.69) is 15.0 Å². The van der Waals surface area contributed by atoms with E-state index in [9.17, 15) is 4.79 Å². The fourth-order valence-electron chi connectivity index (χ4n) is 3.78. The van der Waals surface area contributed by atoms with Crippen LogP contribution in [0.4, 0.5) is 0 Å². The normalized spacial score (nSPS) is 10.8. The summed E-state index contributed by atoms with van der Waals surface area (Å²) < 4.78 is 13.4. The number of imidazole rings is 1. The molecule has 2 aromatic carbocycles. The van der Waals surface area contributed by atoms with Gasteiger partial charge >= 0.3 is 5.82 Å². The van der Waals surface area contributed by atoms with E-state index in [0.717, 1.165) is 22.2 Å². The van der Waals surface area contributed by atoms with E-state index in [4.69, 9.17) is 9.47 Å². The first kappa shape index (κ1) is 20.4. The molecule has 0 unspecified atom stereocenters. The Balaban J connectivity index is 1.42. The molecule has 1 N–H and O–H groups in total. The summed E-state index contributed by atoms with van der Waals surface area (Å²) in [5.41, 5.74) is 4.05. The average Bonchev–Trinajstić information content (AvgIpc) is 3.21. The number of benzene rings is 2. The Labute approximate surface area is 190 Å². The van der Waals surface area contributed by atoms with Gasteiger partial charge in [0.25, 0.3) is 5.78 Å². The fraction of sp³-hybridized carbons (Fsp3) is 0.0769. The van der Waals surface area contributed by atoms with Gasteiger partial charge in [-0.15, -0.1) is 0 Å². The van der Waals surface area contributed by atoms with Crippen LogP contribution in [0.15, 0.2) is 85.3 Å². The second kappa shape index (κ2) is 8.55. The number of carbonyl (C=O) groups excluding carboxylic acids is 1. The zero-order chi connectivity index (χ0) is 22.8. The number of pyridine rings is 2. The Morgan fingerprint density at radius 1 is 0.939 bits per heavy atom. The predicted molar refractivity (Wildman–Crippen MR) is 123 cm³/mol. The second-order valence-electron chi connectivity index (χ2n) is 7.44. The molecule has 0 atom stereocenters. The Morgan fingerprint density at radius 2 is 1.76 bits per heavy atom. The number of ketones is 1. The van der Waals surface area contributed by atoms with Crippen LogP contribution in [-0.4, -0.2) is 27.8 Å². The monoisotopic (exact) mass is 437 g/mol. The lowest BCUT2D eigenvalue weighted by atomic mass is 10.1. The van der Waals surface area contributed by atoms with Crippen LogP contribution in [0, 0.1) is 0 Å². The molecule has 3 aromatic heterocycles. The van der Waals surface area contributed by atoms with E-state index in [1.165, 1.54) is 0 Å². The van der Waals surface area contributed by atoms with Crippen LogP contribution >= 0.6 is 0 Å². The van der Waals surface area contributed by atoms with Crippen molar-refractivity contribution in [2.24, 2.45) is 7.05 Å². The van der Waals surface area contributed by atoms with Crippen LogP contribution in [-0.2, 0) is 7.05 Å². The number of fused-ring (bicyclic) bond motifs is 1. The van der Waals surface area contributed by atoms with Crippen LogP contribution in [0.1, 0.15) is 16.2 Å². The molecule has 5 aromatic rings. The standard InChI is InChI=1S/C26H20N4O3/c1-30-22-8-4-3-7-21(22)29-25(30)24(31)17-9-11-18(12-10-17)33-26-20(6-5-14-28-26)19-13-15-27-16-23(19)32-2/h3-16H,1-2H3/p+1. The molecule has 0 amide bonds. The van der Waals surface area contributed by atoms with Crippen LogP contribution < -0.4 is 14.0 Å². The van der Waals surface area contributed by atoms with Crippen molar-refractivity contribution in [2.75, 3.05) is 7.11 Å². The van der Waals surface area contributed by atoms with E-state index >= 15 is 0 Å². The quantitative estimate of drug-likeness (QED) is 0.313. The fourth-order valence-corrected chi connectivity index (χ4v) is 3.78. The topological polar surface area (TPSA) is 81.0 Å². The number of aryl methyl sites for hydroxylation is 1. The van der Waals surface area contributed by atoms with Crippen molar-refractivity contribution in [1.29, 1.82) is 0 Å². The Kier molecular flexibility index (Phi) is 5.28. The van der Waals surface area contributed by atoms with E-state index in [1.54, 1.807) is 50.0 Å². The molecule has 0 fully saturated rings. The van der Waals surface area contributed by atoms with Crippen molar-refractivity contribution in [3.05, 3.63) is 96.7 Å². The Morgan fingerprint density at radius 3 is 2.55 bits per heavy atom. The molecule has 0 saturated heterocycles. The molecule has 33 heavy (non-hydrogen) atoms. The molecule has 0 saturated carbocycles. The number of aromatic nitrogens is 4. The molecule has 3 heterocycles. The van der Waals surface area contributed by atoms with E-state index in [-0.39, 0.29) is 5.78 Å². The van der Waals surface area contributed by atoms with Gasteiger partial charge in [0.15, 0.2) is 11.0 Å². The van der Waals surface area contributed by atoms with Crippen LogP contribution in [0.2, 0.25) is 0 Å². The Bertz CT molecular complexity index is 1460. The highest BCUT2D eigenvalue weighted by Gasteiger charge is 2.24. The molecule has 7 nitrogen and oxygen atoms in total. The summed E-state index contributed by atoms with van der Waals surface area (Å²) in [6.07, 6.45) is 5.01. The smallest absolute Gasteiger partial charge is 0.329 e. The first-order valence-corrected chi connectivity index (χ1v) is 10.4. The molecule has 0 aliphatic rings. The maximum Gasteiger partial charge on any atom is 0.329 e. The van der Waals surface area contributed by atoms with Gasteiger partial charge < -0.3 is 9.47 Å². The number of hydrogen-bond donors (Lipinski definition) is 1. The van der Waals surface area contributed by atoms with Crippen molar-refractivity contribution < 1.29 is 18.8 Å². The lowest BCUT2D eigenvalue weighted by Crippen LogP contribution is -2.34. The van der Waals surface area contributed by atoms with Gasteiger partial charge in [-0.25, -0.2) is 14.5 Å². The minimum atomic E-state index is -0.0969. The van der Waals surface area contributed by atoms with Crippen molar-refractivity contribution in [3.63, 3.8) is 0 Å². The van der Waals surface area contributed by atoms with Gasteiger partial charge in [-0.1, -0.05) is 12.1 Å². The molecule has 0 aliphatic carbocycles. The number of methoxy groups -OCH3 is 1. The zero-order valence-corrected chi connectivity index (χ0v) is 18.1. The molecular weight excluding hydrogens is 416 g/mol. The average molecular weight is 437 g/mol. The molecule has 0 spiro atoms. The van der Waals surface area contributed by atoms with Gasteiger partial charge in [0.1, 0.15) is 11.5 Å². The largest absolute Gasteiger partial charge is 0.494 e. The molecule has 162 valence electrons. The van der Waals surface area contributed by atoms with E-state index < -0.39 is 0 Å². The van der Waals surface area contributed by atoms with Gasteiger partial charge in [0, 0.05) is 29.1 Å². The lowest BCUT2D eigenvalue weighted by molar-refractivity contribution is -0.646. The summed E-state index contributed by atoms with van der Waals surface area (Å²) in [7, 11) is 3.47. The SMILES string of the molecule is COc1cnccc1-c1cccnc1Oc1ccc(C(=O)c2[nH]c3ccccc3[n+]2C)cc1. The van der Waals surface area contributed by atoms with Crippen molar-refractivity contribution in [3.8, 4) is 28.5 Å². The van der Waals surface area contributed by atoms with Gasteiger partial charge in [0.05, 0.1) is 20.4 Å². The van der Waals surface area contributed by atoms with Gasteiger partial charge in [-0.05, 0) is 54.6 Å². The third kappa shape index (κ3) is 3.80. The van der Waals surface area contributed by atoms with E-state index in [1.807, 2.05) is 54.1 Å². The molecular formula is C26H21N4O3+. The first-order chi connectivity index (χ1) is 16.2. The number of rotatable bonds is 6. The summed E-state index contributed by atoms with van der Waals surface area (Å²) in [4.78, 5) is 24.8. The third-order valence-corrected chi connectivity index (χ3v) is 5.47. The van der Waals surface area contributed by atoms with Gasteiger partial charge in [-0.2, -0.15) is 0 Å². The summed E-state index contributed by atoms with van der Waals surface area (Å²) in [6.45, 7) is 0. The second-order valence-corrected chi connectivity index (χ2v) is 7.44. The highest BCUT2D eigenvalue weighted by atomic mass is 16.5. The predicted octanol–water partition coefficient (Wildman–Crippen LogP) is 4.48. The summed E-state index contributed by atoms with van der Waals surface area (Å²) >= 11 is 0. The number of H-pyrrole nitrogens is 1. The maximum atomic E-state index is 13.1. The van der Waals surface area contributed by atoms with Crippen LogP contribution in [0.3, 0.4) is 0 Å². The van der Waals surface area contributed by atoms with Crippen LogP contribution in [0.5, 0.6) is 17.4 Å². The van der Waals surface area contributed by atoms with Crippen molar-refractivity contribution in [1.82, 2.24) is 15.0 Å². The maximum absolute atomic E-state index is 13.1. The Hall–Kier alpha value is -4.52. The van der Waals surface area contributed by atoms with Gasteiger partial charge in [0.2, 0.25) is 5.88 Å². The number of para-hydroxylation sites is 2. The summed E-state index contributed by atoms with van der Waals surface area (Å²) in [5, 5.41) is 0. The zero-order valence-electron chi connectivity index (χ0n) is 18.1. The number of nitrogens with zero attached hydrogens (tertiary/aromatic N) is 3. The molecule has 7 heteroatoms. The summed E-state index contributed by atoms with van der Waals surface area (Å²) in [5.74, 6) is 2.05. The highest BCUT2D eigenvalue weighted by molar-refractivity contribution is 6.06. The molecule has 0 bridgehead atoms. The number of ether oxygens (including phenoxy) is 2. The summed E-state index contributed by atoms with van der Waals surface area (Å²) in [6, 6.07) is 20.4. The minimum Gasteiger partial charge on any atom is -0.494 e. The lowest BCUT2D eigenvalue weighted by Gasteiger charge is -2.12. The first-order valence-electron chi connectivity index (χ1n) is 10.4. The van der Waals surface area contributed by atoms with Crippen LogP contribution in [0.25, 0.3) is 22.2 Å². The third-order valence-electron chi connectivity index (χ3n) is 5.47. The number of hydrogen-bond acceptors (Lipinski definition) is 5. The number of aromatic amines is 1. The molecule has 0 radical (unpaired) electrons. The van der Waals surface area contributed by atoms with Gasteiger partial charge in [-0.3, -0.25) is 9.78 Å². The van der Waals surface area contributed by atoms with Crippen molar-refractivity contribution >= 4 is 16.8 Å². The van der Waals surface area contributed by atoms with E-state index in [0.29, 0.717) is 28.8 Å². The molecule has 5 rings (SSSR count). The number of nitrogens with one attached hydrogen (secondary N) is 1. The molecule has 0 aliphatic heterocycles. The highest BCUT2D eigenvalue weighted by Crippen LogP contribution is 2.36.